The van der Waals surface area contributed by atoms with Crippen LogP contribution in [0, 0.1) is 5.92 Å². The van der Waals surface area contributed by atoms with Crippen molar-refractivity contribution in [3.05, 3.63) is 30.0 Å². The average molecular weight is 386 g/mol. The maximum absolute atomic E-state index is 5.60. The largest absolute Gasteiger partial charge is 0.495 e. The highest BCUT2D eigenvalue weighted by Crippen LogP contribution is 2.41. The Morgan fingerprint density at radius 3 is 2.81 bits per heavy atom. The molecule has 0 saturated heterocycles. The smallest absolute Gasteiger partial charge is 0.142 e. The molecule has 1 heterocycles. The van der Waals surface area contributed by atoms with Gasteiger partial charge in [-0.05, 0) is 68.7 Å². The number of ether oxygens (including phenoxy) is 1. The average Bonchev–Trinajstić information content (AvgIpc) is 3.08. The number of anilines is 1. The van der Waals surface area contributed by atoms with Crippen molar-refractivity contribution in [2.45, 2.75) is 57.5 Å². The third-order valence-electron chi connectivity index (χ3n) is 5.67. The van der Waals surface area contributed by atoms with Crippen molar-refractivity contribution < 1.29 is 4.74 Å². The zero-order valence-electron chi connectivity index (χ0n) is 17.0. The molecular weight excluding hydrogens is 354 g/mol. The molecule has 4 nitrogen and oxygen atoms in total. The lowest BCUT2D eigenvalue weighted by atomic mass is 9.86. The maximum atomic E-state index is 5.60. The predicted octanol–water partition coefficient (Wildman–Crippen LogP) is 5.81. The Hall–Kier alpha value is -1.88. The first-order chi connectivity index (χ1) is 13.0. The van der Waals surface area contributed by atoms with Gasteiger partial charge in [-0.25, -0.2) is 0 Å². The first kappa shape index (κ1) is 19.9. The van der Waals surface area contributed by atoms with E-state index in [0.29, 0.717) is 12.0 Å². The number of hydrogen-bond acceptors (Lipinski definition) is 4. The lowest BCUT2D eigenvalue weighted by Crippen LogP contribution is -2.26. The summed E-state index contributed by atoms with van der Waals surface area (Å²) in [6, 6.07) is 6.70. The van der Waals surface area contributed by atoms with Crippen LogP contribution in [0.5, 0.6) is 5.75 Å². The van der Waals surface area contributed by atoms with E-state index in [1.54, 1.807) is 7.11 Å². The van der Waals surface area contributed by atoms with Crippen LogP contribution in [0.3, 0.4) is 0 Å². The molecule has 0 aliphatic heterocycles. The summed E-state index contributed by atoms with van der Waals surface area (Å²) in [5.74, 6) is 1.54. The number of aromatic nitrogens is 2. The van der Waals surface area contributed by atoms with Crippen LogP contribution in [-0.4, -0.2) is 30.4 Å². The zero-order valence-corrected chi connectivity index (χ0v) is 17.9. The normalized spacial score (nSPS) is 17.1. The molecule has 0 fully saturated rings. The Kier molecular flexibility index (Phi) is 6.20. The summed E-state index contributed by atoms with van der Waals surface area (Å²) >= 11 is 4.66. The van der Waals surface area contributed by atoms with E-state index in [1.807, 2.05) is 6.07 Å². The number of benzene rings is 1. The number of rotatable bonds is 6. The third-order valence-corrected chi connectivity index (χ3v) is 6.00. The topological polar surface area (TPSA) is 41.1 Å². The molecule has 1 aliphatic rings. The van der Waals surface area contributed by atoms with Gasteiger partial charge in [-0.1, -0.05) is 19.1 Å². The van der Waals surface area contributed by atoms with Crippen LogP contribution in [0.4, 0.5) is 5.69 Å². The van der Waals surface area contributed by atoms with Gasteiger partial charge in [0.2, 0.25) is 0 Å². The van der Waals surface area contributed by atoms with Gasteiger partial charge in [0, 0.05) is 18.7 Å². The lowest BCUT2D eigenvalue weighted by Gasteiger charge is -2.26. The molecule has 1 atom stereocenters. The number of H-pyrrole nitrogens is 1. The van der Waals surface area contributed by atoms with E-state index < -0.39 is 0 Å². The number of aromatic amines is 1. The highest BCUT2D eigenvalue weighted by molar-refractivity contribution is 7.80. The van der Waals surface area contributed by atoms with Gasteiger partial charge in [0.05, 0.1) is 18.5 Å². The van der Waals surface area contributed by atoms with E-state index in [-0.39, 0.29) is 0 Å². The van der Waals surface area contributed by atoms with E-state index in [9.17, 15) is 0 Å². The summed E-state index contributed by atoms with van der Waals surface area (Å²) in [4.78, 5) is 2.23. The molecule has 0 bridgehead atoms. The van der Waals surface area contributed by atoms with Crippen LogP contribution in [0.1, 0.15) is 52.1 Å². The van der Waals surface area contributed by atoms with E-state index >= 15 is 0 Å². The number of nitrogens with zero attached hydrogens (tertiary/aromatic N) is 2. The number of methoxy groups -OCH3 is 1. The maximum Gasteiger partial charge on any atom is 0.142 e. The fraction of sp³-hybridized carbons (Fsp3) is 0.500. The standard InChI is InChI=1S/C22H31N3OS/c1-6-15-8-7-9-17(12-15)21-20(22(27)24-23-21)16-10-11-19(26-5)18(13-16)25(4)14(2)3/h10-15H,6-9H2,1-5H3,(H2,23,24,27). The Morgan fingerprint density at radius 2 is 2.15 bits per heavy atom. The number of thiol groups is 1. The van der Waals surface area contributed by atoms with Gasteiger partial charge in [0.15, 0.2) is 0 Å². The van der Waals surface area contributed by atoms with Crippen molar-refractivity contribution in [1.82, 2.24) is 10.2 Å². The van der Waals surface area contributed by atoms with Crippen molar-refractivity contribution in [3.8, 4) is 16.9 Å². The number of allylic oxidation sites excluding steroid dienone is 2. The van der Waals surface area contributed by atoms with Crippen LogP contribution in [-0.2, 0) is 0 Å². The fourth-order valence-corrected chi connectivity index (χ4v) is 4.06. The Morgan fingerprint density at radius 1 is 1.37 bits per heavy atom. The van der Waals surface area contributed by atoms with Gasteiger partial charge >= 0.3 is 0 Å². The minimum atomic E-state index is 0.375. The minimum Gasteiger partial charge on any atom is -0.495 e. The number of hydrogen-bond donors (Lipinski definition) is 2. The molecule has 27 heavy (non-hydrogen) atoms. The molecule has 0 radical (unpaired) electrons. The van der Waals surface area contributed by atoms with E-state index in [0.717, 1.165) is 39.7 Å². The molecule has 0 amide bonds. The highest BCUT2D eigenvalue weighted by Gasteiger charge is 2.22. The van der Waals surface area contributed by atoms with Gasteiger partial charge in [-0.3, -0.25) is 5.10 Å². The molecule has 0 saturated carbocycles. The molecule has 146 valence electrons. The second kappa shape index (κ2) is 8.42. The Bertz CT molecular complexity index is 825. The molecule has 2 aromatic rings. The van der Waals surface area contributed by atoms with Gasteiger partial charge in [-0.15, -0.1) is 12.6 Å². The summed E-state index contributed by atoms with van der Waals surface area (Å²) in [6.07, 6.45) is 7.22. The van der Waals surface area contributed by atoms with Crippen LogP contribution in [0.2, 0.25) is 0 Å². The molecule has 1 aromatic carbocycles. The fourth-order valence-electron chi connectivity index (χ4n) is 3.77. The van der Waals surface area contributed by atoms with Crippen LogP contribution < -0.4 is 9.64 Å². The molecule has 0 spiro atoms. The minimum absolute atomic E-state index is 0.375. The number of nitrogens with one attached hydrogen (secondary N) is 1. The summed E-state index contributed by atoms with van der Waals surface area (Å²) < 4.78 is 5.60. The van der Waals surface area contributed by atoms with Gasteiger partial charge < -0.3 is 9.64 Å². The van der Waals surface area contributed by atoms with Crippen molar-refractivity contribution in [2.75, 3.05) is 19.1 Å². The second-order valence-corrected chi connectivity index (χ2v) is 8.06. The van der Waals surface area contributed by atoms with E-state index in [1.165, 1.54) is 24.8 Å². The Labute approximate surface area is 168 Å². The van der Waals surface area contributed by atoms with Crippen molar-refractivity contribution in [3.63, 3.8) is 0 Å². The van der Waals surface area contributed by atoms with Crippen LogP contribution in [0.15, 0.2) is 29.3 Å². The summed E-state index contributed by atoms with van der Waals surface area (Å²) in [6.45, 7) is 6.62. The predicted molar refractivity (Wildman–Crippen MR) is 117 cm³/mol. The third kappa shape index (κ3) is 4.03. The molecule has 1 unspecified atom stereocenters. The van der Waals surface area contributed by atoms with Crippen molar-refractivity contribution >= 4 is 23.9 Å². The van der Waals surface area contributed by atoms with Gasteiger partial charge in [0.25, 0.3) is 0 Å². The summed E-state index contributed by atoms with van der Waals surface area (Å²) in [7, 11) is 3.82. The molecular formula is C22H31N3OS. The van der Waals surface area contributed by atoms with Gasteiger partial charge in [0.1, 0.15) is 10.8 Å². The lowest BCUT2D eigenvalue weighted by molar-refractivity contribution is 0.414. The highest BCUT2D eigenvalue weighted by atomic mass is 32.1. The van der Waals surface area contributed by atoms with E-state index in [2.05, 4.69) is 73.8 Å². The SMILES string of the molecule is CCC1C=C(c2[nH]nc(S)c2-c2ccc(OC)c(N(C)C(C)C)c2)CCC1. The van der Waals surface area contributed by atoms with Crippen LogP contribution >= 0.6 is 12.6 Å². The summed E-state index contributed by atoms with van der Waals surface area (Å²) in [5, 5.41) is 8.42. The molecule has 1 aliphatic carbocycles. The summed E-state index contributed by atoms with van der Waals surface area (Å²) in [5.41, 5.74) is 5.76. The second-order valence-electron chi connectivity index (χ2n) is 7.64. The molecule has 5 heteroatoms. The first-order valence-corrected chi connectivity index (χ1v) is 10.3. The quantitative estimate of drug-likeness (QED) is 0.616. The zero-order chi connectivity index (χ0) is 19.6. The molecule has 3 rings (SSSR count). The monoisotopic (exact) mass is 385 g/mol. The first-order valence-electron chi connectivity index (χ1n) is 9.85. The molecule has 1 N–H and O–H groups in total. The van der Waals surface area contributed by atoms with Crippen LogP contribution in [0.25, 0.3) is 16.7 Å². The van der Waals surface area contributed by atoms with Crippen molar-refractivity contribution in [1.29, 1.82) is 0 Å². The van der Waals surface area contributed by atoms with Crippen molar-refractivity contribution in [2.24, 2.45) is 5.92 Å². The Balaban J connectivity index is 2.09. The molecule has 1 aromatic heterocycles. The van der Waals surface area contributed by atoms with E-state index in [4.69, 9.17) is 4.74 Å². The van der Waals surface area contributed by atoms with Gasteiger partial charge in [-0.2, -0.15) is 5.10 Å².